The monoisotopic (exact) mass is 262 g/mol. The van der Waals surface area contributed by atoms with Crippen LogP contribution in [0, 0.1) is 0 Å². The summed E-state index contributed by atoms with van der Waals surface area (Å²) in [6.07, 6.45) is 3.35. The third-order valence-electron chi connectivity index (χ3n) is 3.29. The lowest BCUT2D eigenvalue weighted by Gasteiger charge is -2.04. The van der Waals surface area contributed by atoms with E-state index in [9.17, 15) is 4.79 Å². The first-order chi connectivity index (χ1) is 9.84. The Hall–Kier alpha value is -2.95. The molecule has 0 fully saturated rings. The van der Waals surface area contributed by atoms with Crippen LogP contribution in [0.4, 0.5) is 0 Å². The van der Waals surface area contributed by atoms with Gasteiger partial charge in [0.05, 0.1) is 22.7 Å². The Balaban J connectivity index is 2.23. The minimum atomic E-state index is -0.211. The van der Waals surface area contributed by atoms with E-state index in [2.05, 4.69) is 15.0 Å². The van der Waals surface area contributed by atoms with Gasteiger partial charge in [0, 0.05) is 11.6 Å². The number of nitrogens with one attached hydrogen (secondary N) is 1. The predicted octanol–water partition coefficient (Wildman–Crippen LogP) is 2.26. The summed E-state index contributed by atoms with van der Waals surface area (Å²) in [7, 11) is 0. The Morgan fingerprint density at radius 2 is 1.85 bits per heavy atom. The van der Waals surface area contributed by atoms with Gasteiger partial charge in [0.25, 0.3) is 0 Å². The fourth-order valence-corrected chi connectivity index (χ4v) is 2.44. The second-order valence-corrected chi connectivity index (χ2v) is 4.49. The van der Waals surface area contributed by atoms with Crippen LogP contribution in [0.3, 0.4) is 0 Å². The summed E-state index contributed by atoms with van der Waals surface area (Å²) in [5.41, 5.74) is 2.15. The number of benzene rings is 1. The standard InChI is InChI=1S/C15H10N4O/c20-15-18-12-9-17-11-6-2-1-5-10(11)14(12)19(15)13-7-3-4-8-16-13/h1-9H,(H,18,20). The van der Waals surface area contributed by atoms with Gasteiger partial charge < -0.3 is 4.98 Å². The highest BCUT2D eigenvalue weighted by Crippen LogP contribution is 2.22. The molecule has 0 atom stereocenters. The fourth-order valence-electron chi connectivity index (χ4n) is 2.44. The molecule has 0 aliphatic rings. The zero-order chi connectivity index (χ0) is 13.5. The number of H-pyrrole nitrogens is 1. The number of hydrogen-bond donors (Lipinski definition) is 1. The molecular weight excluding hydrogens is 252 g/mol. The van der Waals surface area contributed by atoms with Crippen molar-refractivity contribution in [3.63, 3.8) is 0 Å². The molecule has 0 amide bonds. The van der Waals surface area contributed by atoms with E-state index in [1.807, 2.05) is 42.5 Å². The van der Waals surface area contributed by atoms with Crippen LogP contribution in [0.2, 0.25) is 0 Å². The number of nitrogens with zero attached hydrogens (tertiary/aromatic N) is 3. The summed E-state index contributed by atoms with van der Waals surface area (Å²) in [4.78, 5) is 23.7. The second-order valence-electron chi connectivity index (χ2n) is 4.49. The van der Waals surface area contributed by atoms with Crippen LogP contribution >= 0.6 is 0 Å². The van der Waals surface area contributed by atoms with Crippen molar-refractivity contribution in [3.05, 3.63) is 65.3 Å². The van der Waals surface area contributed by atoms with E-state index in [4.69, 9.17) is 0 Å². The molecule has 0 bridgehead atoms. The number of imidazole rings is 1. The lowest BCUT2D eigenvalue weighted by Crippen LogP contribution is -2.15. The Morgan fingerprint density at radius 1 is 1.00 bits per heavy atom. The molecule has 0 saturated carbocycles. The summed E-state index contributed by atoms with van der Waals surface area (Å²) >= 11 is 0. The van der Waals surface area contributed by atoms with Gasteiger partial charge in [-0.05, 0) is 18.2 Å². The van der Waals surface area contributed by atoms with Crippen LogP contribution in [0.25, 0.3) is 27.8 Å². The van der Waals surface area contributed by atoms with Gasteiger partial charge in [-0.15, -0.1) is 0 Å². The van der Waals surface area contributed by atoms with Crippen molar-refractivity contribution in [1.29, 1.82) is 0 Å². The number of aromatic nitrogens is 4. The van der Waals surface area contributed by atoms with Crippen molar-refractivity contribution in [2.24, 2.45) is 0 Å². The van der Waals surface area contributed by atoms with Crippen LogP contribution < -0.4 is 5.69 Å². The van der Waals surface area contributed by atoms with Crippen LogP contribution in [0.15, 0.2) is 59.7 Å². The van der Waals surface area contributed by atoms with Gasteiger partial charge >= 0.3 is 5.69 Å². The van der Waals surface area contributed by atoms with Gasteiger partial charge in [0.1, 0.15) is 5.82 Å². The molecule has 0 saturated heterocycles. The highest BCUT2D eigenvalue weighted by molar-refractivity contribution is 6.02. The predicted molar refractivity (Wildman–Crippen MR) is 77.0 cm³/mol. The van der Waals surface area contributed by atoms with Crippen molar-refractivity contribution in [1.82, 2.24) is 19.5 Å². The Bertz CT molecular complexity index is 969. The Kier molecular flexibility index (Phi) is 2.20. The highest BCUT2D eigenvalue weighted by atomic mass is 16.1. The maximum Gasteiger partial charge on any atom is 0.332 e. The molecule has 3 aromatic heterocycles. The average molecular weight is 262 g/mol. The Labute approximate surface area is 113 Å². The molecule has 0 spiro atoms. The molecule has 0 aliphatic heterocycles. The molecule has 0 aliphatic carbocycles. The van der Waals surface area contributed by atoms with Crippen LogP contribution in [0.1, 0.15) is 0 Å². The second kappa shape index (κ2) is 4.03. The van der Waals surface area contributed by atoms with E-state index in [0.717, 1.165) is 16.4 Å². The van der Waals surface area contributed by atoms with Crippen molar-refractivity contribution in [3.8, 4) is 5.82 Å². The van der Waals surface area contributed by atoms with Gasteiger partial charge in [0.15, 0.2) is 0 Å². The highest BCUT2D eigenvalue weighted by Gasteiger charge is 2.12. The van der Waals surface area contributed by atoms with Crippen molar-refractivity contribution < 1.29 is 0 Å². The first-order valence-electron chi connectivity index (χ1n) is 6.24. The molecule has 4 aromatic rings. The average Bonchev–Trinajstić information content (AvgIpc) is 2.84. The SMILES string of the molecule is O=c1[nH]c2cnc3ccccc3c2n1-c1ccccn1. The van der Waals surface area contributed by atoms with E-state index in [1.165, 1.54) is 0 Å². The first-order valence-corrected chi connectivity index (χ1v) is 6.24. The molecule has 1 N–H and O–H groups in total. The third-order valence-corrected chi connectivity index (χ3v) is 3.29. The molecule has 0 radical (unpaired) electrons. The molecule has 3 heterocycles. The summed E-state index contributed by atoms with van der Waals surface area (Å²) in [5, 5.41) is 0.925. The summed E-state index contributed by atoms with van der Waals surface area (Å²) in [6, 6.07) is 13.2. The number of pyridine rings is 2. The summed E-state index contributed by atoms with van der Waals surface area (Å²) in [6.45, 7) is 0. The van der Waals surface area contributed by atoms with Crippen molar-refractivity contribution in [2.45, 2.75) is 0 Å². The lowest BCUT2D eigenvalue weighted by atomic mass is 10.2. The minimum absolute atomic E-state index is 0.211. The summed E-state index contributed by atoms with van der Waals surface area (Å²) in [5.74, 6) is 0.597. The van der Waals surface area contributed by atoms with Crippen LogP contribution in [0.5, 0.6) is 0 Å². The van der Waals surface area contributed by atoms with Crippen molar-refractivity contribution in [2.75, 3.05) is 0 Å². The molecule has 5 heteroatoms. The third kappa shape index (κ3) is 1.46. The zero-order valence-electron chi connectivity index (χ0n) is 10.4. The molecular formula is C15H10N4O. The lowest BCUT2D eigenvalue weighted by molar-refractivity contribution is 0.969. The molecule has 5 nitrogen and oxygen atoms in total. The zero-order valence-corrected chi connectivity index (χ0v) is 10.4. The van der Waals surface area contributed by atoms with Gasteiger partial charge in [-0.2, -0.15) is 0 Å². The molecule has 20 heavy (non-hydrogen) atoms. The molecule has 96 valence electrons. The smallest absolute Gasteiger partial charge is 0.304 e. The number of hydrogen-bond acceptors (Lipinski definition) is 3. The van der Waals surface area contributed by atoms with Gasteiger partial charge in [-0.1, -0.05) is 24.3 Å². The normalized spacial score (nSPS) is 11.2. The van der Waals surface area contributed by atoms with Gasteiger partial charge in [-0.3, -0.25) is 4.98 Å². The van der Waals surface area contributed by atoms with Gasteiger partial charge in [0.2, 0.25) is 0 Å². The van der Waals surface area contributed by atoms with E-state index >= 15 is 0 Å². The summed E-state index contributed by atoms with van der Waals surface area (Å²) < 4.78 is 1.58. The van der Waals surface area contributed by atoms with Crippen LogP contribution in [-0.2, 0) is 0 Å². The maximum atomic E-state index is 12.2. The molecule has 1 aromatic carbocycles. The first kappa shape index (κ1) is 10.9. The minimum Gasteiger partial charge on any atom is -0.304 e. The Morgan fingerprint density at radius 3 is 2.70 bits per heavy atom. The largest absolute Gasteiger partial charge is 0.332 e. The fraction of sp³-hybridized carbons (Fsp3) is 0. The number of rotatable bonds is 1. The van der Waals surface area contributed by atoms with Crippen LogP contribution in [-0.4, -0.2) is 19.5 Å². The van der Waals surface area contributed by atoms with E-state index in [-0.39, 0.29) is 5.69 Å². The van der Waals surface area contributed by atoms with E-state index in [0.29, 0.717) is 11.3 Å². The maximum absolute atomic E-state index is 12.2. The van der Waals surface area contributed by atoms with E-state index < -0.39 is 0 Å². The number of para-hydroxylation sites is 1. The number of fused-ring (bicyclic) bond motifs is 3. The quantitative estimate of drug-likeness (QED) is 0.572. The molecule has 0 unspecified atom stereocenters. The van der Waals surface area contributed by atoms with Gasteiger partial charge in [-0.25, -0.2) is 14.3 Å². The topological polar surface area (TPSA) is 63.6 Å². The van der Waals surface area contributed by atoms with Crippen molar-refractivity contribution >= 4 is 21.9 Å². The molecule has 4 rings (SSSR count). The number of aromatic amines is 1. The van der Waals surface area contributed by atoms with E-state index in [1.54, 1.807) is 17.0 Å².